The predicted molar refractivity (Wildman–Crippen MR) is 102 cm³/mol. The van der Waals surface area contributed by atoms with E-state index in [2.05, 4.69) is 31.9 Å². The van der Waals surface area contributed by atoms with Gasteiger partial charge in [-0.3, -0.25) is 4.57 Å². The molecule has 0 unspecified atom stereocenters. The van der Waals surface area contributed by atoms with E-state index in [0.29, 0.717) is 20.4 Å². The van der Waals surface area contributed by atoms with E-state index in [1.807, 2.05) is 13.8 Å². The van der Waals surface area contributed by atoms with E-state index in [9.17, 15) is 9.67 Å². The number of aromatic hydroxyl groups is 1. The Morgan fingerprint density at radius 2 is 1.72 bits per heavy atom. The summed E-state index contributed by atoms with van der Waals surface area (Å²) >= 11 is 6.75. The molecule has 0 aliphatic carbocycles. The average Bonchev–Trinajstić information content (AvgIpc) is 2.49. The number of halogens is 2. The van der Waals surface area contributed by atoms with Gasteiger partial charge in [0.25, 0.3) is 0 Å². The highest BCUT2D eigenvalue weighted by atomic mass is 79.9. The summed E-state index contributed by atoms with van der Waals surface area (Å²) in [6.07, 6.45) is -0.707. The first kappa shape index (κ1) is 20.3. The largest absolute Gasteiger partial charge is 0.508 e. The van der Waals surface area contributed by atoms with Crippen molar-refractivity contribution < 1.29 is 28.9 Å². The summed E-state index contributed by atoms with van der Waals surface area (Å²) in [4.78, 5) is 17.8. The van der Waals surface area contributed by atoms with E-state index < -0.39 is 13.9 Å². The number of benzene rings is 2. The highest BCUT2D eigenvalue weighted by Crippen LogP contribution is 2.43. The molecule has 0 saturated heterocycles. The lowest BCUT2D eigenvalue weighted by molar-refractivity contribution is 0.300. The number of hydrogen-bond donors (Lipinski definition) is 3. The third-order valence-electron chi connectivity index (χ3n) is 3.20. The summed E-state index contributed by atoms with van der Waals surface area (Å²) in [6, 6.07) is 8.00. The lowest BCUT2D eigenvalue weighted by atomic mass is 10.0. The van der Waals surface area contributed by atoms with E-state index in [1.54, 1.807) is 30.3 Å². The Labute approximate surface area is 162 Å². The normalized spacial score (nSPS) is 11.6. The van der Waals surface area contributed by atoms with Crippen LogP contribution in [0, 0.1) is 0 Å². The van der Waals surface area contributed by atoms with Crippen molar-refractivity contribution >= 4 is 39.5 Å². The van der Waals surface area contributed by atoms with Gasteiger partial charge in [0.2, 0.25) is 0 Å². The van der Waals surface area contributed by atoms with Crippen LogP contribution in [0.5, 0.6) is 23.0 Å². The molecule has 25 heavy (non-hydrogen) atoms. The molecule has 0 bridgehead atoms. The fraction of sp³-hybridized carbons (Fsp3) is 0.250. The fourth-order valence-electron chi connectivity index (χ4n) is 2.07. The van der Waals surface area contributed by atoms with Crippen molar-refractivity contribution in [3.05, 3.63) is 44.8 Å². The van der Waals surface area contributed by atoms with Crippen molar-refractivity contribution in [2.75, 3.05) is 6.35 Å². The first-order valence-electron chi connectivity index (χ1n) is 7.24. The van der Waals surface area contributed by atoms with E-state index >= 15 is 0 Å². The summed E-state index contributed by atoms with van der Waals surface area (Å²) in [5.41, 5.74) is 0.848. The van der Waals surface area contributed by atoms with Crippen LogP contribution in [0.2, 0.25) is 0 Å². The predicted octanol–water partition coefficient (Wildman–Crippen LogP) is 5.35. The molecular weight excluding hydrogens is 479 g/mol. The van der Waals surface area contributed by atoms with Crippen molar-refractivity contribution in [1.29, 1.82) is 0 Å². The van der Waals surface area contributed by atoms with Gasteiger partial charge in [-0.05, 0) is 68.1 Å². The minimum Gasteiger partial charge on any atom is -0.508 e. The summed E-state index contributed by atoms with van der Waals surface area (Å²) in [5, 5.41) is 9.67. The molecule has 0 fully saturated rings. The van der Waals surface area contributed by atoms with Crippen molar-refractivity contribution in [1.82, 2.24) is 0 Å². The van der Waals surface area contributed by atoms with E-state index in [4.69, 9.17) is 19.3 Å². The van der Waals surface area contributed by atoms with Gasteiger partial charge in [0.05, 0.1) is 8.95 Å². The van der Waals surface area contributed by atoms with Gasteiger partial charge in [-0.25, -0.2) is 0 Å². The first-order valence-corrected chi connectivity index (χ1v) is 10.6. The maximum absolute atomic E-state index is 10.9. The molecule has 0 spiro atoms. The molecular formula is C16H17Br2O6P. The van der Waals surface area contributed by atoms with Gasteiger partial charge in [0, 0.05) is 5.56 Å². The monoisotopic (exact) mass is 494 g/mol. The molecule has 2 rings (SSSR count). The summed E-state index contributed by atoms with van der Waals surface area (Å²) in [7, 11) is -4.26. The maximum atomic E-state index is 10.9. The molecule has 2 aromatic rings. The second kappa shape index (κ2) is 8.10. The van der Waals surface area contributed by atoms with Crippen molar-refractivity contribution in [3.63, 3.8) is 0 Å². The van der Waals surface area contributed by atoms with Crippen LogP contribution >= 0.6 is 39.5 Å². The summed E-state index contributed by atoms with van der Waals surface area (Å²) in [5.74, 6) is 1.67. The van der Waals surface area contributed by atoms with Crippen LogP contribution in [0.1, 0.15) is 25.3 Å². The van der Waals surface area contributed by atoms with Gasteiger partial charge in [-0.1, -0.05) is 13.8 Å². The highest BCUT2D eigenvalue weighted by molar-refractivity contribution is 9.11. The standard InChI is InChI=1S/C16H17Br2O6P/c1-9(2)12-5-10(19)3-4-15(12)24-16-13(17)6-11(7-14(16)18)23-8-25(20,21)22/h3-7,9,19H,8H2,1-2H3,(H2,20,21,22). The maximum Gasteiger partial charge on any atom is 0.362 e. The SMILES string of the molecule is CC(C)c1cc(O)ccc1Oc1c(Br)cc(OCP(=O)(O)O)cc1Br. The fourth-order valence-corrected chi connectivity index (χ4v) is 3.69. The Kier molecular flexibility index (Phi) is 6.56. The molecule has 2 aromatic carbocycles. The summed E-state index contributed by atoms with van der Waals surface area (Å²) < 4.78 is 23.1. The number of phenolic OH excluding ortho intramolecular Hbond substituents is 1. The quantitative estimate of drug-likeness (QED) is 0.467. The van der Waals surface area contributed by atoms with Gasteiger partial charge >= 0.3 is 7.60 Å². The minimum atomic E-state index is -4.26. The number of rotatable bonds is 6. The molecule has 0 radical (unpaired) electrons. The summed E-state index contributed by atoms with van der Waals surface area (Å²) in [6.45, 7) is 3.98. The topological polar surface area (TPSA) is 96.2 Å². The molecule has 6 nitrogen and oxygen atoms in total. The molecule has 136 valence electrons. The number of ether oxygens (including phenoxy) is 2. The zero-order chi connectivity index (χ0) is 18.8. The second-order valence-corrected chi connectivity index (χ2v) is 8.93. The molecule has 3 N–H and O–H groups in total. The van der Waals surface area contributed by atoms with Crippen LogP contribution in [0.3, 0.4) is 0 Å². The first-order chi connectivity index (χ1) is 11.6. The minimum absolute atomic E-state index is 0.144. The Morgan fingerprint density at radius 3 is 2.24 bits per heavy atom. The second-order valence-electron chi connectivity index (χ2n) is 5.63. The molecule has 0 aliphatic heterocycles. The van der Waals surface area contributed by atoms with Gasteiger partial charge in [-0.2, -0.15) is 0 Å². The van der Waals surface area contributed by atoms with Crippen LogP contribution in [0.4, 0.5) is 0 Å². The van der Waals surface area contributed by atoms with Crippen LogP contribution in [-0.2, 0) is 4.57 Å². The van der Waals surface area contributed by atoms with Crippen LogP contribution in [-0.4, -0.2) is 21.2 Å². The van der Waals surface area contributed by atoms with E-state index in [1.165, 1.54) is 0 Å². The lowest BCUT2D eigenvalue weighted by Gasteiger charge is -2.17. The average molecular weight is 496 g/mol. The number of phenols is 1. The van der Waals surface area contributed by atoms with Gasteiger partial charge in [0.1, 0.15) is 17.2 Å². The Hall–Kier alpha value is -1.05. The molecule has 0 aromatic heterocycles. The van der Waals surface area contributed by atoms with Crippen molar-refractivity contribution in [3.8, 4) is 23.0 Å². The zero-order valence-corrected chi connectivity index (χ0v) is 17.5. The highest BCUT2D eigenvalue weighted by Gasteiger charge is 2.17. The van der Waals surface area contributed by atoms with Crippen molar-refractivity contribution in [2.45, 2.75) is 19.8 Å². The lowest BCUT2D eigenvalue weighted by Crippen LogP contribution is -1.99. The Morgan fingerprint density at radius 1 is 1.12 bits per heavy atom. The Bertz CT molecular complexity index is 795. The van der Waals surface area contributed by atoms with Gasteiger partial charge in [0.15, 0.2) is 12.1 Å². The third kappa shape index (κ3) is 5.72. The van der Waals surface area contributed by atoms with Crippen LogP contribution < -0.4 is 9.47 Å². The van der Waals surface area contributed by atoms with Crippen LogP contribution in [0.25, 0.3) is 0 Å². The van der Waals surface area contributed by atoms with Gasteiger partial charge < -0.3 is 24.4 Å². The molecule has 0 amide bonds. The zero-order valence-electron chi connectivity index (χ0n) is 13.4. The smallest absolute Gasteiger partial charge is 0.362 e. The Balaban J connectivity index is 2.31. The van der Waals surface area contributed by atoms with E-state index in [0.717, 1.165) is 5.56 Å². The molecule has 0 heterocycles. The van der Waals surface area contributed by atoms with Gasteiger partial charge in [-0.15, -0.1) is 0 Å². The molecule has 0 atom stereocenters. The van der Waals surface area contributed by atoms with Crippen molar-refractivity contribution in [2.24, 2.45) is 0 Å². The molecule has 0 aliphatic rings. The molecule has 0 saturated carbocycles. The number of hydrogen-bond acceptors (Lipinski definition) is 4. The molecule has 9 heteroatoms. The van der Waals surface area contributed by atoms with Crippen LogP contribution in [0.15, 0.2) is 39.3 Å². The van der Waals surface area contributed by atoms with E-state index in [-0.39, 0.29) is 17.4 Å². The third-order valence-corrected chi connectivity index (χ3v) is 4.84.